The zero-order chi connectivity index (χ0) is 18.1. The molecule has 1 aliphatic rings. The van der Waals surface area contributed by atoms with Crippen molar-refractivity contribution < 1.29 is 27.6 Å². The molecule has 0 bridgehead atoms. The Labute approximate surface area is 140 Å². The fourth-order valence-corrected chi connectivity index (χ4v) is 2.25. The topological polar surface area (TPSA) is 56.8 Å². The van der Waals surface area contributed by atoms with Crippen LogP contribution in [0.3, 0.4) is 0 Å². The van der Waals surface area contributed by atoms with Crippen LogP contribution in [-0.4, -0.2) is 44.5 Å². The second-order valence-corrected chi connectivity index (χ2v) is 6.67. The quantitative estimate of drug-likeness (QED) is 0.654. The molecule has 5 nitrogen and oxygen atoms in total. The van der Waals surface area contributed by atoms with Gasteiger partial charge in [0.05, 0.1) is 23.4 Å². The van der Waals surface area contributed by atoms with Gasteiger partial charge in [0.2, 0.25) is 0 Å². The molecule has 2 rings (SSSR count). The summed E-state index contributed by atoms with van der Waals surface area (Å²) >= 11 is 0. The summed E-state index contributed by atoms with van der Waals surface area (Å²) in [6.45, 7) is 7.76. The highest BCUT2D eigenvalue weighted by molar-refractivity contribution is 6.62. The van der Waals surface area contributed by atoms with Crippen molar-refractivity contribution in [3.05, 3.63) is 29.3 Å². The van der Waals surface area contributed by atoms with Crippen LogP contribution in [0.2, 0.25) is 0 Å². The summed E-state index contributed by atoms with van der Waals surface area (Å²) in [5.74, 6) is -3.08. The molecule has 0 aliphatic carbocycles. The highest BCUT2D eigenvalue weighted by atomic mass is 19.2. The summed E-state index contributed by atoms with van der Waals surface area (Å²) < 4.78 is 44.9. The monoisotopic (exact) mass is 341 g/mol. The molecule has 0 atom stereocenters. The third-order valence-corrected chi connectivity index (χ3v) is 4.46. The Morgan fingerprint density at radius 1 is 1.17 bits per heavy atom. The number of ether oxygens (including phenoxy) is 1. The molecule has 1 aliphatic heterocycles. The van der Waals surface area contributed by atoms with Gasteiger partial charge in [0, 0.05) is 19.1 Å². The second kappa shape index (κ2) is 6.78. The lowest BCUT2D eigenvalue weighted by Crippen LogP contribution is -2.41. The van der Waals surface area contributed by atoms with Crippen LogP contribution < -0.4 is 10.8 Å². The van der Waals surface area contributed by atoms with Gasteiger partial charge in [-0.2, -0.15) is 0 Å². The number of hydrogen-bond donors (Lipinski definition) is 1. The van der Waals surface area contributed by atoms with Crippen LogP contribution in [0.5, 0.6) is 0 Å². The molecule has 0 radical (unpaired) electrons. The zero-order valence-electron chi connectivity index (χ0n) is 14.5. The van der Waals surface area contributed by atoms with E-state index in [2.05, 4.69) is 5.32 Å². The number of rotatable bonds is 5. The van der Waals surface area contributed by atoms with E-state index in [1.165, 1.54) is 19.2 Å². The van der Waals surface area contributed by atoms with Crippen LogP contribution in [0.4, 0.5) is 8.78 Å². The molecule has 1 aromatic carbocycles. The minimum Gasteiger partial charge on any atom is -0.399 e. The lowest BCUT2D eigenvalue weighted by Gasteiger charge is -2.32. The van der Waals surface area contributed by atoms with Crippen LogP contribution in [0.15, 0.2) is 12.1 Å². The molecular formula is C16H22BF2NO4. The number of carbonyl (C=O) groups is 1. The van der Waals surface area contributed by atoms with Gasteiger partial charge in [-0.25, -0.2) is 8.78 Å². The lowest BCUT2D eigenvalue weighted by molar-refractivity contribution is 0.00578. The highest BCUT2D eigenvalue weighted by Crippen LogP contribution is 2.36. The van der Waals surface area contributed by atoms with Gasteiger partial charge in [-0.05, 0) is 33.8 Å². The summed E-state index contributed by atoms with van der Waals surface area (Å²) in [5, 5.41) is 2.45. The molecule has 0 unspecified atom stereocenters. The smallest absolute Gasteiger partial charge is 0.399 e. The third-order valence-electron chi connectivity index (χ3n) is 4.46. The molecule has 1 heterocycles. The van der Waals surface area contributed by atoms with Crippen molar-refractivity contribution in [2.45, 2.75) is 38.9 Å². The molecule has 1 saturated heterocycles. The molecule has 1 fully saturated rings. The average molecular weight is 341 g/mol. The van der Waals surface area contributed by atoms with Crippen molar-refractivity contribution >= 4 is 18.5 Å². The molecule has 0 aromatic heterocycles. The molecule has 132 valence electrons. The molecule has 1 aromatic rings. The first kappa shape index (κ1) is 18.8. The summed E-state index contributed by atoms with van der Waals surface area (Å²) in [6, 6.07) is 2.53. The lowest BCUT2D eigenvalue weighted by atomic mass is 9.78. The minimum absolute atomic E-state index is 0.0698. The maximum atomic E-state index is 14.4. The molecule has 0 saturated carbocycles. The van der Waals surface area contributed by atoms with Crippen molar-refractivity contribution in [2.75, 3.05) is 20.3 Å². The Morgan fingerprint density at radius 2 is 1.75 bits per heavy atom. The number of halogens is 2. The number of hydrogen-bond acceptors (Lipinski definition) is 4. The number of nitrogens with one attached hydrogen (secondary N) is 1. The summed E-state index contributed by atoms with van der Waals surface area (Å²) in [4.78, 5) is 11.9. The minimum atomic E-state index is -1.22. The van der Waals surface area contributed by atoms with Crippen LogP contribution in [0.25, 0.3) is 0 Å². The van der Waals surface area contributed by atoms with Crippen molar-refractivity contribution in [2.24, 2.45) is 0 Å². The van der Waals surface area contributed by atoms with Crippen molar-refractivity contribution in [1.29, 1.82) is 0 Å². The second-order valence-electron chi connectivity index (χ2n) is 6.67. The number of benzene rings is 1. The third kappa shape index (κ3) is 3.45. The van der Waals surface area contributed by atoms with Gasteiger partial charge < -0.3 is 19.4 Å². The van der Waals surface area contributed by atoms with E-state index < -0.39 is 35.9 Å². The highest BCUT2D eigenvalue weighted by Gasteiger charge is 2.52. The first-order valence-electron chi connectivity index (χ1n) is 7.71. The summed E-state index contributed by atoms with van der Waals surface area (Å²) in [5.41, 5.74) is -1.78. The molecule has 1 amide bonds. The van der Waals surface area contributed by atoms with Crippen molar-refractivity contribution in [1.82, 2.24) is 5.32 Å². The molecule has 0 spiro atoms. The van der Waals surface area contributed by atoms with Crippen LogP contribution in [-0.2, 0) is 14.0 Å². The SMILES string of the molecule is COCCNC(=O)c1ccc(B2OC(C)(C)C(C)(C)O2)c(F)c1F. The average Bonchev–Trinajstić information content (AvgIpc) is 2.70. The first-order chi connectivity index (χ1) is 11.1. The van der Waals surface area contributed by atoms with Crippen LogP contribution in [0.1, 0.15) is 38.1 Å². The predicted octanol–water partition coefficient (Wildman–Crippen LogP) is 1.64. The fraction of sp³-hybridized carbons (Fsp3) is 0.562. The number of carbonyl (C=O) groups excluding carboxylic acids is 1. The van der Waals surface area contributed by atoms with E-state index in [4.69, 9.17) is 14.0 Å². The Hall–Kier alpha value is -1.51. The van der Waals surface area contributed by atoms with Gasteiger partial charge in [0.25, 0.3) is 5.91 Å². The first-order valence-corrected chi connectivity index (χ1v) is 7.71. The maximum Gasteiger partial charge on any atom is 0.497 e. The Bertz CT molecular complexity index is 621. The van der Waals surface area contributed by atoms with E-state index in [9.17, 15) is 13.6 Å². The fourth-order valence-electron chi connectivity index (χ4n) is 2.25. The zero-order valence-corrected chi connectivity index (χ0v) is 14.5. The molecular weight excluding hydrogens is 319 g/mol. The van der Waals surface area contributed by atoms with Gasteiger partial charge in [-0.3, -0.25) is 4.79 Å². The van der Waals surface area contributed by atoms with E-state index in [1.54, 1.807) is 0 Å². The summed E-state index contributed by atoms with van der Waals surface area (Å²) in [7, 11) is 0.446. The molecule has 24 heavy (non-hydrogen) atoms. The van der Waals surface area contributed by atoms with Gasteiger partial charge in [0.15, 0.2) is 11.6 Å². The van der Waals surface area contributed by atoms with E-state index >= 15 is 0 Å². The standard InChI is InChI=1S/C16H22BF2NO4/c1-15(2)16(3,4)24-17(23-15)11-7-6-10(12(18)13(11)19)14(21)20-8-9-22-5/h6-7H,8-9H2,1-5H3,(H,20,21). The summed E-state index contributed by atoms with van der Waals surface area (Å²) in [6.07, 6.45) is 0. The van der Waals surface area contributed by atoms with Gasteiger partial charge in [-0.1, -0.05) is 6.07 Å². The van der Waals surface area contributed by atoms with Gasteiger partial charge in [0.1, 0.15) is 0 Å². The Morgan fingerprint density at radius 3 is 2.29 bits per heavy atom. The van der Waals surface area contributed by atoms with E-state index in [-0.39, 0.29) is 24.2 Å². The normalized spacial score (nSPS) is 18.7. The number of amides is 1. The number of methoxy groups -OCH3 is 1. The van der Waals surface area contributed by atoms with E-state index in [1.807, 2.05) is 27.7 Å². The van der Waals surface area contributed by atoms with E-state index in [0.717, 1.165) is 0 Å². The maximum absolute atomic E-state index is 14.4. The van der Waals surface area contributed by atoms with E-state index in [0.29, 0.717) is 0 Å². The van der Waals surface area contributed by atoms with Gasteiger partial charge in [-0.15, -0.1) is 0 Å². The van der Waals surface area contributed by atoms with Crippen molar-refractivity contribution in [3.8, 4) is 0 Å². The van der Waals surface area contributed by atoms with Gasteiger partial charge >= 0.3 is 7.12 Å². The molecule has 1 N–H and O–H groups in total. The predicted molar refractivity (Wildman–Crippen MR) is 86.3 cm³/mol. The largest absolute Gasteiger partial charge is 0.497 e. The Kier molecular flexibility index (Phi) is 5.32. The Balaban J connectivity index is 2.24. The van der Waals surface area contributed by atoms with Crippen molar-refractivity contribution in [3.63, 3.8) is 0 Å². The van der Waals surface area contributed by atoms with Crippen LogP contribution >= 0.6 is 0 Å². The van der Waals surface area contributed by atoms with Crippen LogP contribution in [0, 0.1) is 11.6 Å². The molecule has 8 heteroatoms.